The molecule has 2 aliphatic heterocycles. The Bertz CT molecular complexity index is 1600. The number of phenols is 1. The Hall–Kier alpha value is -4.68. The van der Waals surface area contributed by atoms with Crippen LogP contribution in [0.25, 0.3) is 0 Å². The number of ether oxygens (including phenoxy) is 2. The standard InChI is InChI=1S/C33H39ClN6O6/c1-36(2)30-23(9-6-10-25(30)34)18-38-19-28-39(26(32(38)43)16-21-12-14-24(41)15-13-21)29(42)20-37(3)40(28)33(44)35-17-22-8-7-11-27(45-4)31(22)46-5/h6-15,26,28,41H,16-20H2,1-5H3,(H,35,44)/t26-,28-/m0/s1. The van der Waals surface area contributed by atoms with Crippen LogP contribution in [0.2, 0.25) is 5.02 Å². The Morgan fingerprint density at radius 2 is 1.72 bits per heavy atom. The summed E-state index contributed by atoms with van der Waals surface area (Å²) in [4.78, 5) is 47.0. The van der Waals surface area contributed by atoms with E-state index in [1.165, 1.54) is 17.0 Å². The molecule has 13 heteroatoms. The second kappa shape index (κ2) is 13.8. The van der Waals surface area contributed by atoms with E-state index in [2.05, 4.69) is 5.32 Å². The zero-order chi connectivity index (χ0) is 33.1. The van der Waals surface area contributed by atoms with Gasteiger partial charge in [0.25, 0.3) is 0 Å². The number of nitrogens with zero attached hydrogens (tertiary/aromatic N) is 5. The number of phenolic OH excluding ortho intramolecular Hbond substituents is 1. The van der Waals surface area contributed by atoms with Gasteiger partial charge in [0.05, 0.1) is 38.0 Å². The van der Waals surface area contributed by atoms with Crippen molar-refractivity contribution in [3.8, 4) is 17.2 Å². The number of piperazine rings is 1. The van der Waals surface area contributed by atoms with Gasteiger partial charge in [0, 0.05) is 46.2 Å². The van der Waals surface area contributed by atoms with Crippen molar-refractivity contribution in [3.05, 3.63) is 82.4 Å². The number of aromatic hydroxyl groups is 1. The fourth-order valence-corrected chi connectivity index (χ4v) is 6.60. The number of amides is 4. The van der Waals surface area contributed by atoms with E-state index in [-0.39, 0.29) is 50.2 Å². The van der Waals surface area contributed by atoms with Gasteiger partial charge in [-0.25, -0.2) is 14.8 Å². The van der Waals surface area contributed by atoms with Gasteiger partial charge >= 0.3 is 6.03 Å². The Kier molecular flexibility index (Phi) is 9.78. The Morgan fingerprint density at radius 3 is 2.39 bits per heavy atom. The molecule has 3 aromatic carbocycles. The summed E-state index contributed by atoms with van der Waals surface area (Å²) < 4.78 is 10.9. The number of benzene rings is 3. The first-order valence-electron chi connectivity index (χ1n) is 14.8. The molecule has 2 N–H and O–H groups in total. The summed E-state index contributed by atoms with van der Waals surface area (Å²) >= 11 is 6.56. The number of carbonyl (C=O) groups is 3. The van der Waals surface area contributed by atoms with Gasteiger partial charge in [0.2, 0.25) is 11.8 Å². The lowest BCUT2D eigenvalue weighted by molar-refractivity contribution is -0.187. The molecule has 2 saturated heterocycles. The van der Waals surface area contributed by atoms with E-state index in [1.807, 2.05) is 43.3 Å². The molecular weight excluding hydrogens is 612 g/mol. The minimum atomic E-state index is -0.889. The SMILES string of the molecule is COc1cccc(CNC(=O)N2[C@H]3CN(Cc4cccc(Cl)c4N(C)C)C(=O)[C@H](Cc4ccc(O)cc4)N3C(=O)CN2C)c1OC. The van der Waals surface area contributed by atoms with Crippen LogP contribution in [0.3, 0.4) is 0 Å². The maximum atomic E-state index is 14.2. The van der Waals surface area contributed by atoms with Crippen LogP contribution in [0.5, 0.6) is 17.2 Å². The number of rotatable bonds is 9. The lowest BCUT2D eigenvalue weighted by Crippen LogP contribution is -2.76. The Labute approximate surface area is 273 Å². The van der Waals surface area contributed by atoms with Crippen molar-refractivity contribution in [2.24, 2.45) is 0 Å². The molecule has 2 heterocycles. The number of methoxy groups -OCH3 is 2. The van der Waals surface area contributed by atoms with Crippen LogP contribution < -0.4 is 19.7 Å². The molecule has 2 aliphatic rings. The molecule has 0 saturated carbocycles. The normalized spacial score (nSPS) is 18.3. The summed E-state index contributed by atoms with van der Waals surface area (Å²) in [5.41, 5.74) is 3.10. The van der Waals surface area contributed by atoms with Gasteiger partial charge in [-0.3, -0.25) is 9.59 Å². The first kappa shape index (κ1) is 32.7. The molecule has 4 amide bonds. The van der Waals surface area contributed by atoms with E-state index in [0.717, 1.165) is 16.8 Å². The fraction of sp³-hybridized carbons (Fsp3) is 0.364. The molecule has 5 rings (SSSR count). The number of halogens is 1. The van der Waals surface area contributed by atoms with Crippen molar-refractivity contribution in [3.63, 3.8) is 0 Å². The second-order valence-corrected chi connectivity index (χ2v) is 11.9. The van der Waals surface area contributed by atoms with Crippen LogP contribution in [-0.2, 0) is 29.1 Å². The van der Waals surface area contributed by atoms with Gasteiger partial charge in [0.15, 0.2) is 11.5 Å². The van der Waals surface area contributed by atoms with Crippen LogP contribution >= 0.6 is 11.6 Å². The van der Waals surface area contributed by atoms with Gasteiger partial charge in [-0.1, -0.05) is 48.0 Å². The summed E-state index contributed by atoms with van der Waals surface area (Å²) in [6, 6.07) is 16.2. The number of hydrogen-bond donors (Lipinski definition) is 2. The molecule has 0 aromatic heterocycles. The lowest BCUT2D eigenvalue weighted by Gasteiger charge is -2.54. The van der Waals surface area contributed by atoms with Crippen molar-refractivity contribution in [2.45, 2.75) is 31.7 Å². The summed E-state index contributed by atoms with van der Waals surface area (Å²) in [5.74, 6) is 0.642. The first-order chi connectivity index (χ1) is 22.0. The van der Waals surface area contributed by atoms with Gasteiger partial charge < -0.3 is 34.6 Å². The van der Waals surface area contributed by atoms with Crippen molar-refractivity contribution in [2.75, 3.05) is 53.4 Å². The first-order valence-corrected chi connectivity index (χ1v) is 15.2. The van der Waals surface area contributed by atoms with E-state index < -0.39 is 18.2 Å². The van der Waals surface area contributed by atoms with E-state index in [9.17, 15) is 19.5 Å². The highest BCUT2D eigenvalue weighted by atomic mass is 35.5. The zero-order valence-corrected chi connectivity index (χ0v) is 27.3. The predicted molar refractivity (Wildman–Crippen MR) is 174 cm³/mol. The third kappa shape index (κ3) is 6.49. The van der Waals surface area contributed by atoms with E-state index in [0.29, 0.717) is 22.1 Å². The van der Waals surface area contributed by atoms with Crippen LogP contribution in [0.4, 0.5) is 10.5 Å². The molecule has 0 unspecified atom stereocenters. The zero-order valence-electron chi connectivity index (χ0n) is 26.6. The summed E-state index contributed by atoms with van der Waals surface area (Å²) in [6.45, 7) is 0.345. The molecular formula is C33H39ClN6O6. The topological polar surface area (TPSA) is 118 Å². The molecule has 0 bridgehead atoms. The maximum Gasteiger partial charge on any atom is 0.334 e. The molecule has 244 valence electrons. The molecule has 12 nitrogen and oxygen atoms in total. The van der Waals surface area contributed by atoms with E-state index >= 15 is 0 Å². The van der Waals surface area contributed by atoms with Crippen LogP contribution in [-0.4, -0.2) is 103 Å². The molecule has 0 radical (unpaired) electrons. The van der Waals surface area contributed by atoms with Crippen LogP contribution in [0.15, 0.2) is 60.7 Å². The van der Waals surface area contributed by atoms with Crippen molar-refractivity contribution >= 4 is 35.1 Å². The number of hydrazine groups is 1. The van der Waals surface area contributed by atoms with Gasteiger partial charge in [-0.15, -0.1) is 0 Å². The highest BCUT2D eigenvalue weighted by Gasteiger charge is 2.50. The molecule has 2 atom stereocenters. The highest BCUT2D eigenvalue weighted by Crippen LogP contribution is 2.34. The highest BCUT2D eigenvalue weighted by molar-refractivity contribution is 6.33. The van der Waals surface area contributed by atoms with Crippen molar-refractivity contribution in [1.29, 1.82) is 0 Å². The number of fused-ring (bicyclic) bond motifs is 1. The minimum absolute atomic E-state index is 0.0796. The lowest BCUT2D eigenvalue weighted by atomic mass is 9.98. The van der Waals surface area contributed by atoms with Crippen LogP contribution in [0.1, 0.15) is 16.7 Å². The molecule has 0 spiro atoms. The quantitative estimate of drug-likeness (QED) is 0.362. The van der Waals surface area contributed by atoms with Crippen molar-refractivity contribution in [1.82, 2.24) is 25.1 Å². The van der Waals surface area contributed by atoms with Crippen LogP contribution in [0, 0.1) is 0 Å². The monoisotopic (exact) mass is 650 g/mol. The number of hydrogen-bond acceptors (Lipinski definition) is 8. The third-order valence-corrected chi connectivity index (χ3v) is 8.61. The Balaban J connectivity index is 1.49. The van der Waals surface area contributed by atoms with Crippen molar-refractivity contribution < 1.29 is 29.0 Å². The average molecular weight is 651 g/mol. The van der Waals surface area contributed by atoms with E-state index in [4.69, 9.17) is 21.1 Å². The number of urea groups is 1. The smallest absolute Gasteiger partial charge is 0.334 e. The summed E-state index contributed by atoms with van der Waals surface area (Å²) in [7, 11) is 8.53. The number of anilines is 1. The Morgan fingerprint density at radius 1 is 1.02 bits per heavy atom. The summed E-state index contributed by atoms with van der Waals surface area (Å²) in [5, 5.41) is 16.4. The maximum absolute atomic E-state index is 14.2. The van der Waals surface area contributed by atoms with Gasteiger partial charge in [-0.2, -0.15) is 0 Å². The minimum Gasteiger partial charge on any atom is -0.508 e. The summed E-state index contributed by atoms with van der Waals surface area (Å²) in [6.07, 6.45) is -0.589. The molecule has 46 heavy (non-hydrogen) atoms. The molecule has 3 aromatic rings. The van der Waals surface area contributed by atoms with Gasteiger partial charge in [-0.05, 0) is 35.4 Å². The largest absolute Gasteiger partial charge is 0.508 e. The van der Waals surface area contributed by atoms with E-state index in [1.54, 1.807) is 60.5 Å². The van der Waals surface area contributed by atoms with Gasteiger partial charge in [0.1, 0.15) is 18.0 Å². The second-order valence-electron chi connectivity index (χ2n) is 11.5. The molecule has 0 aliphatic carbocycles. The average Bonchev–Trinajstić information content (AvgIpc) is 3.02. The third-order valence-electron chi connectivity index (χ3n) is 8.31. The number of likely N-dealkylation sites (N-methyl/N-ethyl adjacent to an activating group) is 1. The number of nitrogens with one attached hydrogen (secondary N) is 1. The number of para-hydroxylation sites is 2. The number of carbonyl (C=O) groups excluding carboxylic acids is 3. The predicted octanol–water partition coefficient (Wildman–Crippen LogP) is 3.31. The molecule has 2 fully saturated rings. The fourth-order valence-electron chi connectivity index (χ4n) is 6.24.